The van der Waals surface area contributed by atoms with E-state index in [1.807, 2.05) is 60.1 Å². The van der Waals surface area contributed by atoms with Gasteiger partial charge in [-0.05, 0) is 76.7 Å². The number of aliphatic hydroxyl groups is 1. The Morgan fingerprint density at radius 1 is 0.981 bits per heavy atom. The van der Waals surface area contributed by atoms with Crippen LogP contribution < -0.4 is 10.9 Å². The number of ketones is 1. The molecule has 1 aliphatic rings. The predicted octanol–water partition coefficient (Wildman–Crippen LogP) is 5.23. The summed E-state index contributed by atoms with van der Waals surface area (Å²) >= 11 is 3.02. The van der Waals surface area contributed by atoms with Gasteiger partial charge in [-0.3, -0.25) is 9.63 Å². The van der Waals surface area contributed by atoms with Gasteiger partial charge in [-0.15, -0.1) is 6.58 Å². The van der Waals surface area contributed by atoms with E-state index in [9.17, 15) is 18.4 Å². The quantitative estimate of drug-likeness (QED) is 0.0591. The Morgan fingerprint density at radius 3 is 2.04 bits per heavy atom. The highest BCUT2D eigenvalue weighted by molar-refractivity contribution is 9.10. The van der Waals surface area contributed by atoms with Crippen LogP contribution in [0.3, 0.4) is 0 Å². The van der Waals surface area contributed by atoms with E-state index < -0.39 is 25.0 Å². The van der Waals surface area contributed by atoms with Gasteiger partial charge in [0.2, 0.25) is 0 Å². The van der Waals surface area contributed by atoms with Gasteiger partial charge in [0.15, 0.2) is 0 Å². The second kappa shape index (κ2) is 24.2. The standard InChI is InChI=1S/C19H21BFNO4.C9H10.C7H7BrFNO.C4H8O3/c1-13(23)19-11-16(9-14-5-3-2-4-6-14)26-22(19)12-15-7-8-17(20(24)25)18(21)10-15;1-2-6-9-7-4-3-5-8-9;8-6-2-1-5(4-10-11)3-7(6)9;1-3(5)4(6)7-2/h2-8,10,16,19,24-25H,9,11-12H2,1H3;2-5,7-8H,1,6H2;1-3,10-11H,4H2;3,5H,1-2H3. The zero-order chi connectivity index (χ0) is 39.3. The first kappa shape index (κ1) is 45.0. The molecule has 1 saturated heterocycles. The van der Waals surface area contributed by atoms with Gasteiger partial charge in [-0.2, -0.15) is 5.06 Å². The summed E-state index contributed by atoms with van der Waals surface area (Å²) in [5.74, 6) is -1.61. The molecule has 0 bridgehead atoms. The molecule has 0 aliphatic carbocycles. The molecule has 0 radical (unpaired) electrons. The normalized spacial score (nSPS) is 15.3. The van der Waals surface area contributed by atoms with E-state index in [0.717, 1.165) is 12.0 Å². The van der Waals surface area contributed by atoms with Crippen LogP contribution in [0, 0.1) is 11.6 Å². The van der Waals surface area contributed by atoms with Crippen molar-refractivity contribution in [2.45, 2.75) is 64.4 Å². The van der Waals surface area contributed by atoms with Gasteiger partial charge in [0.05, 0.1) is 30.3 Å². The number of benzene rings is 4. The fourth-order valence-corrected chi connectivity index (χ4v) is 5.19. The number of rotatable bonds is 11. The van der Waals surface area contributed by atoms with Gasteiger partial charge >= 0.3 is 13.1 Å². The van der Waals surface area contributed by atoms with Crippen molar-refractivity contribution in [1.82, 2.24) is 10.5 Å². The molecule has 1 heterocycles. The summed E-state index contributed by atoms with van der Waals surface area (Å²) in [6.07, 6.45) is 3.06. The third kappa shape index (κ3) is 16.6. The second-order valence-corrected chi connectivity index (χ2v) is 12.7. The van der Waals surface area contributed by atoms with Crippen LogP contribution in [0.1, 0.15) is 42.5 Å². The van der Waals surface area contributed by atoms with Crippen LogP contribution in [-0.4, -0.2) is 69.7 Å². The van der Waals surface area contributed by atoms with E-state index in [4.69, 9.17) is 25.2 Å². The Hall–Kier alpha value is -4.12. The van der Waals surface area contributed by atoms with E-state index in [1.165, 1.54) is 44.7 Å². The maximum atomic E-state index is 13.9. The number of hydrogen-bond acceptors (Lipinski definition) is 10. The smallest absolute Gasteiger partial charge is 0.467 e. The third-order valence-corrected chi connectivity index (χ3v) is 8.25. The Morgan fingerprint density at radius 2 is 1.57 bits per heavy atom. The highest BCUT2D eigenvalue weighted by Gasteiger charge is 2.36. The number of nitrogens with one attached hydrogen (secondary N) is 1. The number of methoxy groups -OCH3 is 1. The number of esters is 1. The van der Waals surface area contributed by atoms with Crippen LogP contribution in [-0.2, 0) is 45.1 Å². The summed E-state index contributed by atoms with van der Waals surface area (Å²) in [5, 5.41) is 36.4. The van der Waals surface area contributed by atoms with Crippen LogP contribution in [0.4, 0.5) is 8.78 Å². The van der Waals surface area contributed by atoms with Crippen LogP contribution in [0.15, 0.2) is 114 Å². The summed E-state index contributed by atoms with van der Waals surface area (Å²) in [7, 11) is -0.623. The number of ether oxygens (including phenoxy) is 1. The van der Waals surface area contributed by atoms with Gasteiger partial charge < -0.3 is 25.1 Å². The highest BCUT2D eigenvalue weighted by atomic mass is 79.9. The molecule has 14 heteroatoms. The molecule has 4 aromatic rings. The van der Waals surface area contributed by atoms with E-state index in [1.54, 1.807) is 23.3 Å². The monoisotopic (exact) mass is 798 g/mol. The molecule has 53 heavy (non-hydrogen) atoms. The first-order valence-corrected chi connectivity index (χ1v) is 17.4. The number of hydrogen-bond donors (Lipinski definition) is 5. The lowest BCUT2D eigenvalue weighted by molar-refractivity contribution is -0.173. The number of aliphatic hydroxyl groups excluding tert-OH is 1. The molecule has 3 unspecified atom stereocenters. The minimum atomic E-state index is -1.85. The maximum Gasteiger partial charge on any atom is 0.491 e. The molecule has 5 N–H and O–H groups in total. The van der Waals surface area contributed by atoms with Crippen molar-refractivity contribution in [1.29, 1.82) is 0 Å². The van der Waals surface area contributed by atoms with Crippen molar-refractivity contribution >= 4 is 40.3 Å². The van der Waals surface area contributed by atoms with Crippen LogP contribution in [0.5, 0.6) is 0 Å². The van der Waals surface area contributed by atoms with Gasteiger partial charge in [-0.25, -0.2) is 19.1 Å². The van der Waals surface area contributed by atoms with E-state index in [2.05, 4.69) is 39.4 Å². The molecule has 0 aromatic heterocycles. The van der Waals surface area contributed by atoms with Crippen molar-refractivity contribution in [2.24, 2.45) is 0 Å². The second-order valence-electron chi connectivity index (χ2n) is 11.8. The fourth-order valence-electron chi connectivity index (χ4n) is 4.94. The minimum Gasteiger partial charge on any atom is -0.467 e. The minimum absolute atomic E-state index is 0.00318. The largest absolute Gasteiger partial charge is 0.491 e. The van der Waals surface area contributed by atoms with Crippen molar-refractivity contribution in [3.05, 3.63) is 148 Å². The summed E-state index contributed by atoms with van der Waals surface area (Å²) in [6.45, 7) is 7.03. The third-order valence-electron chi connectivity index (χ3n) is 7.61. The van der Waals surface area contributed by atoms with Gasteiger partial charge in [0.1, 0.15) is 23.5 Å². The number of carbonyl (C=O) groups excluding carboxylic acids is 2. The Labute approximate surface area is 317 Å². The van der Waals surface area contributed by atoms with E-state index in [0.29, 0.717) is 28.4 Å². The lowest BCUT2D eigenvalue weighted by atomic mass is 9.79. The number of halogens is 3. The van der Waals surface area contributed by atoms with Gasteiger partial charge in [0.25, 0.3) is 0 Å². The molecule has 0 spiro atoms. The average Bonchev–Trinajstić information content (AvgIpc) is 3.53. The maximum absolute atomic E-state index is 13.9. The van der Waals surface area contributed by atoms with Gasteiger partial charge in [0, 0.05) is 24.8 Å². The molecule has 284 valence electrons. The number of Topliss-reactive ketones (excluding diaryl/α,β-unsaturated/α-hetero) is 1. The number of carbonyl (C=O) groups is 2. The van der Waals surface area contributed by atoms with Gasteiger partial charge in [-0.1, -0.05) is 84.9 Å². The molecule has 10 nitrogen and oxygen atoms in total. The Balaban J connectivity index is 0.000000294. The van der Waals surface area contributed by atoms with Crippen LogP contribution in [0.2, 0.25) is 0 Å². The average molecular weight is 800 g/mol. The molecule has 0 amide bonds. The molecular formula is C39H46BBrF2N2O8. The first-order valence-electron chi connectivity index (χ1n) is 16.6. The molecular weight excluding hydrogens is 753 g/mol. The van der Waals surface area contributed by atoms with Crippen molar-refractivity contribution < 1.29 is 48.3 Å². The fraction of sp³-hybridized carbons (Fsp3) is 0.282. The van der Waals surface area contributed by atoms with Crippen molar-refractivity contribution in [3.63, 3.8) is 0 Å². The summed E-state index contributed by atoms with van der Waals surface area (Å²) in [4.78, 5) is 28.0. The zero-order valence-corrected chi connectivity index (χ0v) is 31.5. The molecule has 4 aromatic carbocycles. The van der Waals surface area contributed by atoms with Crippen molar-refractivity contribution in [3.8, 4) is 0 Å². The molecule has 3 atom stereocenters. The molecule has 1 aliphatic heterocycles. The van der Waals surface area contributed by atoms with E-state index in [-0.39, 0.29) is 42.3 Å². The first-order chi connectivity index (χ1) is 25.3. The predicted molar refractivity (Wildman–Crippen MR) is 203 cm³/mol. The van der Waals surface area contributed by atoms with E-state index >= 15 is 0 Å². The number of nitrogens with zero attached hydrogens (tertiary/aromatic N) is 1. The number of hydroxylamine groups is 3. The lowest BCUT2D eigenvalue weighted by Gasteiger charge is -2.21. The lowest BCUT2D eigenvalue weighted by Crippen LogP contribution is -2.35. The van der Waals surface area contributed by atoms with Crippen LogP contribution in [0.25, 0.3) is 0 Å². The van der Waals surface area contributed by atoms with Crippen molar-refractivity contribution in [2.75, 3.05) is 7.11 Å². The summed E-state index contributed by atoms with van der Waals surface area (Å²) < 4.78 is 31.2. The Kier molecular flexibility index (Phi) is 20.6. The topological polar surface area (TPSA) is 149 Å². The summed E-state index contributed by atoms with van der Waals surface area (Å²) in [6, 6.07) is 28.7. The molecule has 5 rings (SSSR count). The Bertz CT molecular complexity index is 1700. The SMILES string of the molecule is C=CCc1ccccc1.CC(=O)C1CC(Cc2ccccc2)ON1Cc1ccc(B(O)O)c(F)c1.COC(=O)C(C)O.ONCc1ccc(Br)c(F)c1. The zero-order valence-electron chi connectivity index (χ0n) is 29.9. The molecule has 1 fully saturated rings. The summed E-state index contributed by atoms with van der Waals surface area (Å²) in [5.41, 5.74) is 5.53. The highest BCUT2D eigenvalue weighted by Crippen LogP contribution is 2.26. The number of allylic oxidation sites excluding steroid dienone is 1. The molecule has 0 saturated carbocycles. The van der Waals surface area contributed by atoms with Crippen LogP contribution >= 0.6 is 15.9 Å².